The Hall–Kier alpha value is -2.82. The minimum atomic E-state index is 0.0331. The van der Waals surface area contributed by atoms with Gasteiger partial charge in [-0.1, -0.05) is 24.3 Å². The van der Waals surface area contributed by atoms with Crippen LogP contribution in [0.1, 0.15) is 34.6 Å². The summed E-state index contributed by atoms with van der Waals surface area (Å²) in [7, 11) is 0. The first kappa shape index (κ1) is 16.6. The van der Waals surface area contributed by atoms with Crippen LogP contribution in [-0.2, 0) is 6.42 Å². The number of hydrogen-bond acceptors (Lipinski definition) is 4. The van der Waals surface area contributed by atoms with Gasteiger partial charge in [-0.15, -0.1) is 0 Å². The van der Waals surface area contributed by atoms with Crippen molar-refractivity contribution in [3.8, 4) is 0 Å². The fourth-order valence-corrected chi connectivity index (χ4v) is 3.75. The Morgan fingerprint density at radius 1 is 1.15 bits per heavy atom. The molecule has 3 heterocycles. The summed E-state index contributed by atoms with van der Waals surface area (Å²) >= 11 is 0. The SMILES string of the molecule is Cc1ncc(C(=O)N2CCC[C@@H](Cc3cncc4ccccc34)C2)cn1. The molecule has 132 valence electrons. The summed E-state index contributed by atoms with van der Waals surface area (Å²) in [4.78, 5) is 27.4. The van der Waals surface area contributed by atoms with Crippen LogP contribution in [0.3, 0.4) is 0 Å². The van der Waals surface area contributed by atoms with Crippen LogP contribution in [-0.4, -0.2) is 38.8 Å². The molecule has 1 fully saturated rings. The molecular weight excluding hydrogens is 324 g/mol. The summed E-state index contributed by atoms with van der Waals surface area (Å²) < 4.78 is 0. The molecular formula is C21H22N4O. The van der Waals surface area contributed by atoms with Crippen molar-refractivity contribution in [1.82, 2.24) is 19.9 Å². The van der Waals surface area contributed by atoms with Crippen molar-refractivity contribution in [2.45, 2.75) is 26.2 Å². The third-order valence-corrected chi connectivity index (χ3v) is 5.09. The van der Waals surface area contributed by atoms with Gasteiger partial charge in [-0.25, -0.2) is 9.97 Å². The highest BCUT2D eigenvalue weighted by Gasteiger charge is 2.25. The topological polar surface area (TPSA) is 59.0 Å². The molecule has 5 heteroatoms. The van der Waals surface area contributed by atoms with Crippen molar-refractivity contribution in [2.24, 2.45) is 5.92 Å². The van der Waals surface area contributed by atoms with Crippen LogP contribution in [0.4, 0.5) is 0 Å². The second kappa shape index (κ2) is 7.20. The molecule has 0 unspecified atom stereocenters. The van der Waals surface area contributed by atoms with Crippen molar-refractivity contribution in [3.63, 3.8) is 0 Å². The van der Waals surface area contributed by atoms with Gasteiger partial charge >= 0.3 is 0 Å². The van der Waals surface area contributed by atoms with E-state index in [1.165, 1.54) is 16.3 Å². The Bertz CT molecular complexity index is 917. The molecule has 1 aliphatic heterocycles. The molecule has 2 aromatic heterocycles. The number of piperidine rings is 1. The van der Waals surface area contributed by atoms with Crippen LogP contribution >= 0.6 is 0 Å². The van der Waals surface area contributed by atoms with Crippen LogP contribution < -0.4 is 0 Å². The van der Waals surface area contributed by atoms with Gasteiger partial charge in [0.1, 0.15) is 5.82 Å². The molecule has 0 radical (unpaired) electrons. The van der Waals surface area contributed by atoms with E-state index in [1.54, 1.807) is 12.4 Å². The third kappa shape index (κ3) is 3.43. The molecule has 0 saturated carbocycles. The number of amides is 1. The second-order valence-corrected chi connectivity index (χ2v) is 7.00. The summed E-state index contributed by atoms with van der Waals surface area (Å²) in [5.74, 6) is 1.17. The van der Waals surface area contributed by atoms with Gasteiger partial charge in [0, 0.05) is 43.3 Å². The van der Waals surface area contributed by atoms with Crippen molar-refractivity contribution in [2.75, 3.05) is 13.1 Å². The first-order valence-corrected chi connectivity index (χ1v) is 9.10. The lowest BCUT2D eigenvalue weighted by atomic mass is 9.90. The molecule has 1 atom stereocenters. The monoisotopic (exact) mass is 346 g/mol. The fraction of sp³-hybridized carbons (Fsp3) is 0.333. The summed E-state index contributed by atoms with van der Waals surface area (Å²) in [5, 5.41) is 2.43. The molecule has 0 bridgehead atoms. The zero-order chi connectivity index (χ0) is 17.9. The zero-order valence-electron chi connectivity index (χ0n) is 14.9. The molecule has 0 aliphatic carbocycles. The average molecular weight is 346 g/mol. The minimum absolute atomic E-state index is 0.0331. The van der Waals surface area contributed by atoms with Gasteiger partial charge in [-0.2, -0.15) is 0 Å². The van der Waals surface area contributed by atoms with Crippen LogP contribution in [0.2, 0.25) is 0 Å². The van der Waals surface area contributed by atoms with Gasteiger partial charge in [0.05, 0.1) is 5.56 Å². The molecule has 26 heavy (non-hydrogen) atoms. The predicted octanol–water partition coefficient (Wildman–Crippen LogP) is 3.43. The highest BCUT2D eigenvalue weighted by atomic mass is 16.2. The quantitative estimate of drug-likeness (QED) is 0.729. The molecule has 3 aromatic rings. The zero-order valence-corrected chi connectivity index (χ0v) is 14.9. The number of likely N-dealkylation sites (tertiary alicyclic amines) is 1. The Kier molecular flexibility index (Phi) is 4.61. The largest absolute Gasteiger partial charge is 0.338 e. The van der Waals surface area contributed by atoms with E-state index in [9.17, 15) is 4.79 Å². The normalized spacial score (nSPS) is 17.4. The summed E-state index contributed by atoms with van der Waals surface area (Å²) in [6.45, 7) is 3.40. The van der Waals surface area contributed by atoms with E-state index >= 15 is 0 Å². The van der Waals surface area contributed by atoms with E-state index in [0.29, 0.717) is 17.3 Å². The molecule has 5 nitrogen and oxygen atoms in total. The number of nitrogens with zero attached hydrogens (tertiary/aromatic N) is 4. The lowest BCUT2D eigenvalue weighted by molar-refractivity contribution is 0.0672. The van der Waals surface area contributed by atoms with Crippen molar-refractivity contribution in [3.05, 3.63) is 66.0 Å². The van der Waals surface area contributed by atoms with Crippen LogP contribution in [0.25, 0.3) is 10.8 Å². The Labute approximate surface area is 153 Å². The van der Waals surface area contributed by atoms with Gasteiger partial charge in [0.2, 0.25) is 0 Å². The molecule has 0 N–H and O–H groups in total. The number of aromatic nitrogens is 3. The average Bonchev–Trinajstić information content (AvgIpc) is 2.69. The van der Waals surface area contributed by atoms with Crippen molar-refractivity contribution < 1.29 is 4.79 Å². The Morgan fingerprint density at radius 3 is 2.81 bits per heavy atom. The van der Waals surface area contributed by atoms with Crippen LogP contribution in [0.15, 0.2) is 49.1 Å². The number of hydrogen-bond donors (Lipinski definition) is 0. The van der Waals surface area contributed by atoms with Crippen molar-refractivity contribution >= 4 is 16.7 Å². The minimum Gasteiger partial charge on any atom is -0.338 e. The van der Waals surface area contributed by atoms with Gasteiger partial charge in [0.15, 0.2) is 0 Å². The van der Waals surface area contributed by atoms with E-state index in [4.69, 9.17) is 0 Å². The predicted molar refractivity (Wildman–Crippen MR) is 101 cm³/mol. The number of carbonyl (C=O) groups is 1. The van der Waals surface area contributed by atoms with E-state index in [0.717, 1.165) is 32.4 Å². The maximum absolute atomic E-state index is 12.8. The summed E-state index contributed by atoms with van der Waals surface area (Å²) in [5.41, 5.74) is 1.84. The number of aryl methyl sites for hydroxylation is 1. The van der Waals surface area contributed by atoms with E-state index in [2.05, 4.69) is 33.2 Å². The van der Waals surface area contributed by atoms with Crippen LogP contribution in [0, 0.1) is 12.8 Å². The number of rotatable bonds is 3. The van der Waals surface area contributed by atoms with E-state index < -0.39 is 0 Å². The first-order chi connectivity index (χ1) is 12.7. The lowest BCUT2D eigenvalue weighted by Crippen LogP contribution is -2.40. The first-order valence-electron chi connectivity index (χ1n) is 9.10. The lowest BCUT2D eigenvalue weighted by Gasteiger charge is -2.33. The highest BCUT2D eigenvalue weighted by molar-refractivity contribution is 5.93. The maximum atomic E-state index is 12.8. The standard InChI is InChI=1S/C21H22N4O/c1-15-23-12-19(13-24-15)21(26)25-8-4-5-16(14-25)9-18-11-22-10-17-6-2-3-7-20(17)18/h2-3,6-7,10-13,16H,4-5,8-9,14H2,1H3/t16-/m0/s1. The number of benzene rings is 1. The third-order valence-electron chi connectivity index (χ3n) is 5.09. The fourth-order valence-electron chi connectivity index (χ4n) is 3.75. The Morgan fingerprint density at radius 2 is 1.96 bits per heavy atom. The van der Waals surface area contributed by atoms with E-state index in [-0.39, 0.29) is 5.91 Å². The number of pyridine rings is 1. The van der Waals surface area contributed by atoms with Gasteiger partial charge in [0.25, 0.3) is 5.91 Å². The second-order valence-electron chi connectivity index (χ2n) is 7.00. The van der Waals surface area contributed by atoms with Gasteiger partial charge in [-0.05, 0) is 43.1 Å². The molecule has 1 aromatic carbocycles. The van der Waals surface area contributed by atoms with Crippen molar-refractivity contribution in [1.29, 1.82) is 0 Å². The molecule has 4 rings (SSSR count). The molecule has 1 amide bonds. The summed E-state index contributed by atoms with van der Waals surface area (Å²) in [6, 6.07) is 8.36. The van der Waals surface area contributed by atoms with Crippen LogP contribution in [0.5, 0.6) is 0 Å². The number of fused-ring (bicyclic) bond motifs is 1. The Balaban J connectivity index is 1.50. The smallest absolute Gasteiger partial charge is 0.256 e. The number of carbonyl (C=O) groups excluding carboxylic acids is 1. The molecule has 0 spiro atoms. The van der Waals surface area contributed by atoms with Gasteiger partial charge in [-0.3, -0.25) is 9.78 Å². The summed E-state index contributed by atoms with van der Waals surface area (Å²) in [6.07, 6.45) is 10.2. The maximum Gasteiger partial charge on any atom is 0.256 e. The van der Waals surface area contributed by atoms with Gasteiger partial charge < -0.3 is 4.90 Å². The highest BCUT2D eigenvalue weighted by Crippen LogP contribution is 2.25. The van der Waals surface area contributed by atoms with E-state index in [1.807, 2.05) is 30.3 Å². The molecule has 1 aliphatic rings. The molecule has 1 saturated heterocycles.